The Kier molecular flexibility index (Phi) is 5.16. The highest BCUT2D eigenvalue weighted by Crippen LogP contribution is 2.22. The fourth-order valence-electron chi connectivity index (χ4n) is 2.54. The van der Waals surface area contributed by atoms with Crippen molar-refractivity contribution < 1.29 is 9.47 Å². The van der Waals surface area contributed by atoms with Crippen LogP contribution in [0.2, 0.25) is 0 Å². The maximum absolute atomic E-state index is 6.01. The van der Waals surface area contributed by atoms with Crippen LogP contribution in [-0.2, 0) is 16.1 Å². The molecule has 2 atom stereocenters. The number of pyridine rings is 1. The Morgan fingerprint density at radius 2 is 2.11 bits per heavy atom. The van der Waals surface area contributed by atoms with E-state index in [2.05, 4.69) is 37.1 Å². The van der Waals surface area contributed by atoms with Crippen LogP contribution in [0.4, 0.5) is 5.82 Å². The van der Waals surface area contributed by atoms with Gasteiger partial charge in [0.1, 0.15) is 5.82 Å². The lowest BCUT2D eigenvalue weighted by Crippen LogP contribution is -2.33. The van der Waals surface area contributed by atoms with E-state index >= 15 is 0 Å². The third-order valence-electron chi connectivity index (χ3n) is 3.32. The SMILES string of the molecule is CCNc1cc(COC2CC(C)OC(C)C2)ccn1. The highest BCUT2D eigenvalue weighted by atomic mass is 16.5. The number of hydrogen-bond acceptors (Lipinski definition) is 4. The Hall–Kier alpha value is -1.13. The van der Waals surface area contributed by atoms with Gasteiger partial charge >= 0.3 is 0 Å². The van der Waals surface area contributed by atoms with Crippen LogP contribution in [0.15, 0.2) is 18.3 Å². The molecule has 1 saturated heterocycles. The first-order valence-electron chi connectivity index (χ1n) is 7.13. The topological polar surface area (TPSA) is 43.4 Å². The minimum Gasteiger partial charge on any atom is -0.375 e. The molecule has 2 heterocycles. The largest absolute Gasteiger partial charge is 0.375 e. The summed E-state index contributed by atoms with van der Waals surface area (Å²) in [5.74, 6) is 0.914. The molecule has 1 N–H and O–H groups in total. The van der Waals surface area contributed by atoms with Crippen LogP contribution < -0.4 is 5.32 Å². The Morgan fingerprint density at radius 1 is 1.37 bits per heavy atom. The molecule has 0 aliphatic carbocycles. The lowest BCUT2D eigenvalue weighted by atomic mass is 10.0. The van der Waals surface area contributed by atoms with Gasteiger partial charge in [0, 0.05) is 12.7 Å². The van der Waals surface area contributed by atoms with E-state index in [4.69, 9.17) is 9.47 Å². The molecule has 1 aromatic rings. The lowest BCUT2D eigenvalue weighted by molar-refractivity contribution is -0.106. The van der Waals surface area contributed by atoms with Gasteiger partial charge in [-0.05, 0) is 51.3 Å². The number of nitrogens with one attached hydrogen (secondary N) is 1. The quantitative estimate of drug-likeness (QED) is 0.888. The molecule has 2 rings (SSSR count). The predicted molar refractivity (Wildman–Crippen MR) is 76.2 cm³/mol. The maximum atomic E-state index is 6.01. The highest BCUT2D eigenvalue weighted by Gasteiger charge is 2.24. The van der Waals surface area contributed by atoms with Gasteiger partial charge in [0.05, 0.1) is 24.9 Å². The van der Waals surface area contributed by atoms with E-state index in [-0.39, 0.29) is 0 Å². The molecule has 2 unspecified atom stereocenters. The van der Waals surface area contributed by atoms with Crippen LogP contribution in [0, 0.1) is 0 Å². The maximum Gasteiger partial charge on any atom is 0.126 e. The molecule has 0 aromatic carbocycles. The van der Waals surface area contributed by atoms with Crippen molar-refractivity contribution in [3.05, 3.63) is 23.9 Å². The van der Waals surface area contributed by atoms with Crippen LogP contribution >= 0.6 is 0 Å². The molecule has 1 aliphatic rings. The molecule has 19 heavy (non-hydrogen) atoms. The van der Waals surface area contributed by atoms with E-state index in [9.17, 15) is 0 Å². The summed E-state index contributed by atoms with van der Waals surface area (Å²) in [4.78, 5) is 4.26. The van der Waals surface area contributed by atoms with Crippen molar-refractivity contribution in [2.24, 2.45) is 0 Å². The Morgan fingerprint density at radius 3 is 2.79 bits per heavy atom. The number of ether oxygens (including phenoxy) is 2. The molecule has 1 fully saturated rings. The molecule has 1 aromatic heterocycles. The van der Waals surface area contributed by atoms with Crippen molar-refractivity contribution in [3.63, 3.8) is 0 Å². The molecule has 1 aliphatic heterocycles. The number of hydrogen-bond donors (Lipinski definition) is 1. The first-order chi connectivity index (χ1) is 9.17. The number of rotatable bonds is 5. The van der Waals surface area contributed by atoms with Crippen molar-refractivity contribution in [2.45, 2.75) is 58.5 Å². The fraction of sp³-hybridized carbons (Fsp3) is 0.667. The summed E-state index contributed by atoms with van der Waals surface area (Å²) in [5, 5.41) is 3.21. The summed E-state index contributed by atoms with van der Waals surface area (Å²) >= 11 is 0. The second-order valence-corrected chi connectivity index (χ2v) is 5.24. The Balaban J connectivity index is 1.86. The van der Waals surface area contributed by atoms with Gasteiger partial charge in [-0.25, -0.2) is 4.98 Å². The van der Waals surface area contributed by atoms with Gasteiger partial charge in [0.2, 0.25) is 0 Å². The normalized spacial score (nSPS) is 27.2. The zero-order valence-corrected chi connectivity index (χ0v) is 12.1. The zero-order chi connectivity index (χ0) is 13.7. The monoisotopic (exact) mass is 264 g/mol. The minimum absolute atomic E-state index is 0.295. The first-order valence-corrected chi connectivity index (χ1v) is 7.13. The van der Waals surface area contributed by atoms with Gasteiger partial charge in [-0.2, -0.15) is 0 Å². The highest BCUT2D eigenvalue weighted by molar-refractivity contribution is 5.36. The zero-order valence-electron chi connectivity index (χ0n) is 12.1. The van der Waals surface area contributed by atoms with Gasteiger partial charge in [-0.3, -0.25) is 0 Å². The summed E-state index contributed by atoms with van der Waals surface area (Å²) in [5.41, 5.74) is 1.16. The molecule has 4 nitrogen and oxygen atoms in total. The Bertz CT molecular complexity index is 387. The average molecular weight is 264 g/mol. The van der Waals surface area contributed by atoms with E-state index < -0.39 is 0 Å². The summed E-state index contributed by atoms with van der Waals surface area (Å²) < 4.78 is 11.7. The molecule has 106 valence electrons. The number of nitrogens with zero attached hydrogens (tertiary/aromatic N) is 1. The van der Waals surface area contributed by atoms with Crippen molar-refractivity contribution in [1.29, 1.82) is 0 Å². The van der Waals surface area contributed by atoms with Gasteiger partial charge in [-0.15, -0.1) is 0 Å². The van der Waals surface area contributed by atoms with Crippen molar-refractivity contribution in [1.82, 2.24) is 4.98 Å². The lowest BCUT2D eigenvalue weighted by Gasteiger charge is -2.32. The average Bonchev–Trinajstić information content (AvgIpc) is 2.36. The van der Waals surface area contributed by atoms with Crippen LogP contribution in [0.1, 0.15) is 39.2 Å². The Labute approximate surface area is 115 Å². The third-order valence-corrected chi connectivity index (χ3v) is 3.32. The van der Waals surface area contributed by atoms with Crippen molar-refractivity contribution >= 4 is 5.82 Å². The van der Waals surface area contributed by atoms with E-state index in [1.165, 1.54) is 0 Å². The third kappa shape index (κ3) is 4.48. The summed E-state index contributed by atoms with van der Waals surface area (Å²) in [6.07, 6.45) is 4.68. The molecule has 0 bridgehead atoms. The molecule has 0 spiro atoms. The van der Waals surface area contributed by atoms with Gasteiger partial charge < -0.3 is 14.8 Å². The van der Waals surface area contributed by atoms with E-state index in [0.717, 1.165) is 30.8 Å². The molecular formula is C15H24N2O2. The van der Waals surface area contributed by atoms with E-state index in [0.29, 0.717) is 24.9 Å². The molecule has 0 radical (unpaired) electrons. The summed E-state index contributed by atoms with van der Waals surface area (Å²) in [6, 6.07) is 4.06. The number of anilines is 1. The summed E-state index contributed by atoms with van der Waals surface area (Å²) in [7, 11) is 0. The van der Waals surface area contributed by atoms with Crippen molar-refractivity contribution in [3.8, 4) is 0 Å². The van der Waals surface area contributed by atoms with Gasteiger partial charge in [-0.1, -0.05) is 0 Å². The van der Waals surface area contributed by atoms with Gasteiger partial charge in [0.25, 0.3) is 0 Å². The fourth-order valence-corrected chi connectivity index (χ4v) is 2.54. The minimum atomic E-state index is 0.295. The van der Waals surface area contributed by atoms with Crippen LogP contribution in [-0.4, -0.2) is 29.8 Å². The molecule has 0 saturated carbocycles. The second-order valence-electron chi connectivity index (χ2n) is 5.24. The van der Waals surface area contributed by atoms with E-state index in [1.807, 2.05) is 12.3 Å². The van der Waals surface area contributed by atoms with Crippen LogP contribution in [0.5, 0.6) is 0 Å². The summed E-state index contributed by atoms with van der Waals surface area (Å²) in [6.45, 7) is 7.82. The standard InChI is InChI=1S/C15H24N2O2/c1-4-16-15-9-13(5-6-17-15)10-18-14-7-11(2)19-12(3)8-14/h5-6,9,11-12,14H,4,7-8,10H2,1-3H3,(H,16,17). The smallest absolute Gasteiger partial charge is 0.126 e. The molecular weight excluding hydrogens is 240 g/mol. The molecule has 0 amide bonds. The van der Waals surface area contributed by atoms with Crippen LogP contribution in [0.25, 0.3) is 0 Å². The number of aromatic nitrogens is 1. The molecule has 4 heteroatoms. The van der Waals surface area contributed by atoms with Crippen LogP contribution in [0.3, 0.4) is 0 Å². The van der Waals surface area contributed by atoms with Crippen molar-refractivity contribution in [2.75, 3.05) is 11.9 Å². The van der Waals surface area contributed by atoms with E-state index in [1.54, 1.807) is 0 Å². The first kappa shape index (κ1) is 14.3. The predicted octanol–water partition coefficient (Wildman–Crippen LogP) is 2.99. The second kappa shape index (κ2) is 6.87. The van der Waals surface area contributed by atoms with Gasteiger partial charge in [0.15, 0.2) is 0 Å².